The number of fused-ring (bicyclic) bond motifs is 1. The Labute approximate surface area is 141 Å². The van der Waals surface area contributed by atoms with Crippen molar-refractivity contribution in [2.24, 2.45) is 0 Å². The molecule has 1 aromatic heterocycles. The van der Waals surface area contributed by atoms with Crippen LogP contribution >= 0.6 is 0 Å². The Bertz CT molecular complexity index is 712. The number of aliphatic hydroxyl groups excluding tert-OH is 1. The molecule has 6 nitrogen and oxygen atoms in total. The van der Waals surface area contributed by atoms with Gasteiger partial charge in [0.15, 0.2) is 6.61 Å². The van der Waals surface area contributed by atoms with Gasteiger partial charge in [-0.1, -0.05) is 6.07 Å². The molecule has 0 unspecified atom stereocenters. The molecule has 1 amide bonds. The third-order valence-corrected chi connectivity index (χ3v) is 4.35. The average molecular weight is 329 g/mol. The van der Waals surface area contributed by atoms with Gasteiger partial charge in [0.05, 0.1) is 12.1 Å². The zero-order valence-corrected chi connectivity index (χ0v) is 13.9. The first-order chi connectivity index (χ1) is 11.7. The molecule has 1 aliphatic heterocycles. The maximum Gasteiger partial charge on any atom is 0.260 e. The smallest absolute Gasteiger partial charge is 0.260 e. The Morgan fingerprint density at radius 2 is 2.04 bits per heavy atom. The van der Waals surface area contributed by atoms with Crippen molar-refractivity contribution in [3.63, 3.8) is 0 Å². The van der Waals surface area contributed by atoms with E-state index in [2.05, 4.69) is 9.88 Å². The van der Waals surface area contributed by atoms with Gasteiger partial charge < -0.3 is 14.7 Å². The highest BCUT2D eigenvalue weighted by atomic mass is 16.5. The van der Waals surface area contributed by atoms with E-state index in [0.717, 1.165) is 29.6 Å². The number of benzene rings is 1. The van der Waals surface area contributed by atoms with Gasteiger partial charge in [-0.3, -0.25) is 14.7 Å². The molecule has 1 aliphatic rings. The molecule has 1 aromatic carbocycles. The Morgan fingerprint density at radius 1 is 1.25 bits per heavy atom. The molecule has 0 saturated carbocycles. The summed E-state index contributed by atoms with van der Waals surface area (Å²) in [5.41, 5.74) is 2.02. The number of amides is 1. The predicted molar refractivity (Wildman–Crippen MR) is 92.1 cm³/mol. The third kappa shape index (κ3) is 3.83. The summed E-state index contributed by atoms with van der Waals surface area (Å²) in [6.07, 6.45) is 1.70. The van der Waals surface area contributed by atoms with Crippen LogP contribution in [0.2, 0.25) is 0 Å². The van der Waals surface area contributed by atoms with E-state index in [1.807, 2.05) is 30.0 Å². The Balaban J connectivity index is 1.59. The van der Waals surface area contributed by atoms with E-state index in [-0.39, 0.29) is 19.1 Å². The normalized spacial score (nSPS) is 15.7. The molecule has 0 radical (unpaired) electrons. The van der Waals surface area contributed by atoms with Crippen molar-refractivity contribution in [3.8, 4) is 5.75 Å². The number of nitrogens with zero attached hydrogens (tertiary/aromatic N) is 3. The van der Waals surface area contributed by atoms with Crippen molar-refractivity contribution in [2.75, 3.05) is 45.9 Å². The summed E-state index contributed by atoms with van der Waals surface area (Å²) >= 11 is 0. The minimum Gasteiger partial charge on any atom is -0.483 e. The van der Waals surface area contributed by atoms with Crippen LogP contribution in [-0.4, -0.2) is 71.7 Å². The molecule has 6 heteroatoms. The van der Waals surface area contributed by atoms with Gasteiger partial charge in [0.2, 0.25) is 0 Å². The second kappa shape index (κ2) is 7.59. The van der Waals surface area contributed by atoms with E-state index in [9.17, 15) is 4.79 Å². The van der Waals surface area contributed by atoms with E-state index in [1.54, 1.807) is 12.3 Å². The Morgan fingerprint density at radius 3 is 2.79 bits per heavy atom. The van der Waals surface area contributed by atoms with Crippen LogP contribution in [0.1, 0.15) is 5.56 Å². The summed E-state index contributed by atoms with van der Waals surface area (Å²) in [5.74, 6) is 0.683. The van der Waals surface area contributed by atoms with Gasteiger partial charge in [0.1, 0.15) is 5.75 Å². The molecule has 0 atom stereocenters. The molecule has 1 fully saturated rings. The summed E-state index contributed by atoms with van der Waals surface area (Å²) < 4.78 is 5.76. The molecular weight excluding hydrogens is 306 g/mol. The fraction of sp³-hybridized carbons (Fsp3) is 0.444. The van der Waals surface area contributed by atoms with Crippen molar-refractivity contribution in [1.29, 1.82) is 0 Å². The summed E-state index contributed by atoms with van der Waals surface area (Å²) in [6.45, 7) is 5.83. The molecular formula is C18H23N3O3. The monoisotopic (exact) mass is 329 g/mol. The van der Waals surface area contributed by atoms with Crippen LogP contribution in [0, 0.1) is 6.92 Å². The van der Waals surface area contributed by atoms with Crippen LogP contribution in [0.15, 0.2) is 30.5 Å². The molecule has 0 spiro atoms. The number of rotatable bonds is 5. The highest BCUT2D eigenvalue weighted by Crippen LogP contribution is 2.24. The van der Waals surface area contributed by atoms with Gasteiger partial charge >= 0.3 is 0 Å². The number of pyridine rings is 1. The lowest BCUT2D eigenvalue weighted by Gasteiger charge is -2.34. The molecule has 0 bridgehead atoms. The fourth-order valence-corrected chi connectivity index (χ4v) is 2.95. The number of aryl methyl sites for hydroxylation is 1. The maximum atomic E-state index is 12.3. The molecule has 0 aliphatic carbocycles. The number of carbonyl (C=O) groups is 1. The second-order valence-corrected chi connectivity index (χ2v) is 6.06. The van der Waals surface area contributed by atoms with E-state index < -0.39 is 0 Å². The molecule has 2 heterocycles. The van der Waals surface area contributed by atoms with Crippen LogP contribution in [0.4, 0.5) is 0 Å². The standard InChI is InChI=1S/C18H23N3O3/c1-14-2-3-15-16(12-14)19-5-4-17(15)24-13-18(23)21-8-6-20(7-9-21)10-11-22/h2-5,12,22H,6-11,13H2,1H3. The zero-order valence-electron chi connectivity index (χ0n) is 13.9. The Hall–Kier alpha value is -2.18. The number of aliphatic hydroxyl groups is 1. The fourth-order valence-electron chi connectivity index (χ4n) is 2.95. The number of ether oxygens (including phenoxy) is 1. The lowest BCUT2D eigenvalue weighted by Crippen LogP contribution is -2.50. The molecule has 2 aromatic rings. The zero-order chi connectivity index (χ0) is 16.9. The molecule has 1 N–H and O–H groups in total. The summed E-state index contributed by atoms with van der Waals surface area (Å²) in [4.78, 5) is 20.7. The van der Waals surface area contributed by atoms with E-state index in [0.29, 0.717) is 25.4 Å². The van der Waals surface area contributed by atoms with Gasteiger partial charge in [-0.25, -0.2) is 0 Å². The summed E-state index contributed by atoms with van der Waals surface area (Å²) in [5, 5.41) is 9.88. The van der Waals surface area contributed by atoms with Crippen molar-refractivity contribution in [3.05, 3.63) is 36.0 Å². The number of piperazine rings is 1. The highest BCUT2D eigenvalue weighted by molar-refractivity contribution is 5.86. The number of hydrogen-bond acceptors (Lipinski definition) is 5. The summed E-state index contributed by atoms with van der Waals surface area (Å²) in [6, 6.07) is 7.79. The molecule has 1 saturated heterocycles. The van der Waals surface area contributed by atoms with Crippen LogP contribution in [0.25, 0.3) is 10.9 Å². The number of hydrogen-bond donors (Lipinski definition) is 1. The summed E-state index contributed by atoms with van der Waals surface area (Å²) in [7, 11) is 0. The number of β-amino-alcohol motifs (C(OH)–C–C–N with tert-alkyl or cyclic N) is 1. The lowest BCUT2D eigenvalue weighted by molar-refractivity contribution is -0.135. The van der Waals surface area contributed by atoms with Gasteiger partial charge in [-0.2, -0.15) is 0 Å². The number of aromatic nitrogens is 1. The van der Waals surface area contributed by atoms with Crippen LogP contribution in [0.5, 0.6) is 5.75 Å². The quantitative estimate of drug-likeness (QED) is 0.888. The second-order valence-electron chi connectivity index (χ2n) is 6.06. The van der Waals surface area contributed by atoms with Crippen molar-refractivity contribution >= 4 is 16.8 Å². The minimum absolute atomic E-state index is 0.00396. The van der Waals surface area contributed by atoms with Gasteiger partial charge in [-0.05, 0) is 30.7 Å². The van der Waals surface area contributed by atoms with Crippen LogP contribution in [-0.2, 0) is 4.79 Å². The average Bonchev–Trinajstić information content (AvgIpc) is 2.60. The van der Waals surface area contributed by atoms with E-state index >= 15 is 0 Å². The predicted octanol–water partition coefficient (Wildman–Crippen LogP) is 1.06. The first-order valence-electron chi connectivity index (χ1n) is 8.26. The SMILES string of the molecule is Cc1ccc2c(OCC(=O)N3CCN(CCO)CC3)ccnc2c1. The van der Waals surface area contributed by atoms with Crippen molar-refractivity contribution in [2.45, 2.75) is 6.92 Å². The van der Waals surface area contributed by atoms with Crippen LogP contribution < -0.4 is 4.74 Å². The minimum atomic E-state index is -0.00396. The molecule has 24 heavy (non-hydrogen) atoms. The van der Waals surface area contributed by atoms with E-state index in [1.165, 1.54) is 0 Å². The van der Waals surface area contributed by atoms with Gasteiger partial charge in [0, 0.05) is 44.3 Å². The Kier molecular flexibility index (Phi) is 5.27. The van der Waals surface area contributed by atoms with E-state index in [4.69, 9.17) is 9.84 Å². The van der Waals surface area contributed by atoms with Gasteiger partial charge in [0.25, 0.3) is 5.91 Å². The topological polar surface area (TPSA) is 65.9 Å². The lowest BCUT2D eigenvalue weighted by atomic mass is 10.1. The first-order valence-corrected chi connectivity index (χ1v) is 8.26. The third-order valence-electron chi connectivity index (χ3n) is 4.35. The molecule has 128 valence electrons. The first kappa shape index (κ1) is 16.7. The highest BCUT2D eigenvalue weighted by Gasteiger charge is 2.21. The number of carbonyl (C=O) groups excluding carboxylic acids is 1. The maximum absolute atomic E-state index is 12.3. The van der Waals surface area contributed by atoms with Crippen molar-refractivity contribution in [1.82, 2.24) is 14.8 Å². The van der Waals surface area contributed by atoms with Gasteiger partial charge in [-0.15, -0.1) is 0 Å². The van der Waals surface area contributed by atoms with Crippen molar-refractivity contribution < 1.29 is 14.6 Å². The molecule has 3 rings (SSSR count). The van der Waals surface area contributed by atoms with Crippen LogP contribution in [0.3, 0.4) is 0 Å². The largest absolute Gasteiger partial charge is 0.483 e.